The molecule has 2 saturated heterocycles. The Morgan fingerprint density at radius 1 is 1.24 bits per heavy atom. The van der Waals surface area contributed by atoms with Gasteiger partial charge in [-0.25, -0.2) is 9.78 Å². The normalized spacial score (nSPS) is 22.2. The summed E-state index contributed by atoms with van der Waals surface area (Å²) in [5, 5.41) is 0. The lowest BCUT2D eigenvalue weighted by Crippen LogP contribution is -2.52. The summed E-state index contributed by atoms with van der Waals surface area (Å²) < 4.78 is 0. The number of carbonyl (C=O) groups is 1. The summed E-state index contributed by atoms with van der Waals surface area (Å²) in [5.74, 6) is 1.46. The number of hydrogen-bond acceptors (Lipinski definition) is 4. The maximum atomic E-state index is 12.4. The van der Waals surface area contributed by atoms with Crippen LogP contribution >= 0.6 is 0 Å². The van der Waals surface area contributed by atoms with Crippen molar-refractivity contribution in [3.05, 3.63) is 18.1 Å². The molecule has 6 heteroatoms. The van der Waals surface area contributed by atoms with Crippen molar-refractivity contribution in [3.63, 3.8) is 0 Å². The van der Waals surface area contributed by atoms with Gasteiger partial charge in [0.25, 0.3) is 0 Å². The van der Waals surface area contributed by atoms with E-state index in [2.05, 4.69) is 28.7 Å². The number of piperazine rings is 1. The minimum Gasteiger partial charge on any atom is -0.351 e. The highest BCUT2D eigenvalue weighted by molar-refractivity contribution is 5.77. The number of aromatic nitrogens is 2. The number of urea groups is 1. The zero-order chi connectivity index (χ0) is 15.0. The molecule has 6 nitrogen and oxygen atoms in total. The molecule has 0 aromatic carbocycles. The van der Waals surface area contributed by atoms with Gasteiger partial charge in [0, 0.05) is 45.1 Å². The van der Waals surface area contributed by atoms with Crippen molar-refractivity contribution < 1.29 is 4.79 Å². The van der Waals surface area contributed by atoms with E-state index in [1.807, 2.05) is 16.7 Å². The first-order valence-corrected chi connectivity index (χ1v) is 7.64. The number of rotatable bonds is 3. The summed E-state index contributed by atoms with van der Waals surface area (Å²) in [6.07, 6.45) is 3.46. The second kappa shape index (κ2) is 5.50. The van der Waals surface area contributed by atoms with Crippen LogP contribution in [0.2, 0.25) is 0 Å². The largest absolute Gasteiger partial charge is 0.351 e. The standard InChI is InChI=1S/C15H23N5O/c1-11(2)8-19-10-13-9-18(6-7-20(13)15(19)21)14-12(3)16-4-5-17-14/h4-5,11,13H,6-10H2,1-3H3. The molecule has 1 unspecified atom stereocenters. The first kappa shape index (κ1) is 14.1. The smallest absolute Gasteiger partial charge is 0.320 e. The molecule has 0 spiro atoms. The average molecular weight is 289 g/mol. The number of anilines is 1. The van der Waals surface area contributed by atoms with Gasteiger partial charge in [0.1, 0.15) is 5.82 Å². The number of carbonyl (C=O) groups excluding carboxylic acids is 1. The van der Waals surface area contributed by atoms with Gasteiger partial charge in [-0.15, -0.1) is 0 Å². The molecular weight excluding hydrogens is 266 g/mol. The second-order valence-electron chi connectivity index (χ2n) is 6.34. The lowest BCUT2D eigenvalue weighted by molar-refractivity contribution is 0.180. The number of fused-ring (bicyclic) bond motifs is 1. The van der Waals surface area contributed by atoms with Gasteiger partial charge in [-0.05, 0) is 12.8 Å². The number of nitrogens with zero attached hydrogens (tertiary/aromatic N) is 5. The molecule has 114 valence electrons. The maximum Gasteiger partial charge on any atom is 0.320 e. The van der Waals surface area contributed by atoms with Gasteiger partial charge in [0.15, 0.2) is 0 Å². The topological polar surface area (TPSA) is 52.6 Å². The Labute approximate surface area is 125 Å². The van der Waals surface area contributed by atoms with Crippen molar-refractivity contribution in [2.24, 2.45) is 5.92 Å². The fraction of sp³-hybridized carbons (Fsp3) is 0.667. The zero-order valence-electron chi connectivity index (χ0n) is 13.0. The molecule has 2 fully saturated rings. The van der Waals surface area contributed by atoms with Crippen LogP contribution in [0, 0.1) is 12.8 Å². The van der Waals surface area contributed by atoms with Crippen LogP contribution in [0.15, 0.2) is 12.4 Å². The molecule has 21 heavy (non-hydrogen) atoms. The Balaban J connectivity index is 1.72. The van der Waals surface area contributed by atoms with E-state index in [1.54, 1.807) is 12.4 Å². The van der Waals surface area contributed by atoms with Crippen LogP contribution in [0.5, 0.6) is 0 Å². The molecule has 0 aliphatic carbocycles. The molecule has 0 bridgehead atoms. The predicted octanol–water partition coefficient (Wildman–Crippen LogP) is 1.37. The van der Waals surface area contributed by atoms with E-state index in [-0.39, 0.29) is 12.1 Å². The van der Waals surface area contributed by atoms with Crippen molar-refractivity contribution in [1.29, 1.82) is 0 Å². The third kappa shape index (κ3) is 2.66. The molecule has 2 amide bonds. The van der Waals surface area contributed by atoms with Crippen LogP contribution in [0.4, 0.5) is 10.6 Å². The van der Waals surface area contributed by atoms with Gasteiger partial charge in [0.05, 0.1) is 11.7 Å². The van der Waals surface area contributed by atoms with Crippen LogP contribution in [0.1, 0.15) is 19.5 Å². The first-order chi connectivity index (χ1) is 10.1. The molecule has 0 radical (unpaired) electrons. The molecule has 2 aliphatic heterocycles. The van der Waals surface area contributed by atoms with E-state index in [1.165, 1.54) is 0 Å². The fourth-order valence-electron chi connectivity index (χ4n) is 3.27. The third-order valence-electron chi connectivity index (χ3n) is 4.17. The Bertz CT molecular complexity index is 533. The van der Waals surface area contributed by atoms with Crippen LogP contribution in [-0.2, 0) is 0 Å². The van der Waals surface area contributed by atoms with E-state index in [0.29, 0.717) is 5.92 Å². The quantitative estimate of drug-likeness (QED) is 0.843. The molecule has 0 N–H and O–H groups in total. The lowest BCUT2D eigenvalue weighted by Gasteiger charge is -2.37. The predicted molar refractivity (Wildman–Crippen MR) is 81.3 cm³/mol. The van der Waals surface area contributed by atoms with Gasteiger partial charge >= 0.3 is 6.03 Å². The Hall–Kier alpha value is -1.85. The van der Waals surface area contributed by atoms with Crippen molar-refractivity contribution >= 4 is 11.8 Å². The zero-order valence-corrected chi connectivity index (χ0v) is 13.0. The maximum absolute atomic E-state index is 12.4. The summed E-state index contributed by atoms with van der Waals surface area (Å²) in [4.78, 5) is 27.4. The lowest BCUT2D eigenvalue weighted by atomic mass is 10.2. The number of aryl methyl sites for hydroxylation is 1. The molecule has 1 aromatic rings. The summed E-state index contributed by atoms with van der Waals surface area (Å²) in [6.45, 7) is 10.4. The van der Waals surface area contributed by atoms with Crippen LogP contribution < -0.4 is 4.90 Å². The highest BCUT2D eigenvalue weighted by Crippen LogP contribution is 2.25. The number of hydrogen-bond donors (Lipinski definition) is 0. The van der Waals surface area contributed by atoms with Crippen LogP contribution in [-0.4, -0.2) is 64.6 Å². The highest BCUT2D eigenvalue weighted by Gasteiger charge is 2.41. The summed E-state index contributed by atoms with van der Waals surface area (Å²) in [6, 6.07) is 0.468. The molecule has 1 aromatic heterocycles. The molecular formula is C15H23N5O. The average Bonchev–Trinajstić information content (AvgIpc) is 2.75. The second-order valence-corrected chi connectivity index (χ2v) is 6.34. The van der Waals surface area contributed by atoms with E-state index < -0.39 is 0 Å². The molecule has 3 rings (SSSR count). The van der Waals surface area contributed by atoms with E-state index in [4.69, 9.17) is 0 Å². The van der Waals surface area contributed by atoms with Crippen molar-refractivity contribution in [1.82, 2.24) is 19.8 Å². The SMILES string of the molecule is Cc1nccnc1N1CCN2C(=O)N(CC(C)C)CC2C1. The Kier molecular flexibility index (Phi) is 3.69. The third-order valence-corrected chi connectivity index (χ3v) is 4.17. The molecule has 1 atom stereocenters. The number of amides is 2. The Morgan fingerprint density at radius 2 is 2.00 bits per heavy atom. The van der Waals surface area contributed by atoms with Crippen LogP contribution in [0.25, 0.3) is 0 Å². The van der Waals surface area contributed by atoms with Gasteiger partial charge in [0.2, 0.25) is 0 Å². The molecule has 0 saturated carbocycles. The highest BCUT2D eigenvalue weighted by atomic mass is 16.2. The van der Waals surface area contributed by atoms with Gasteiger partial charge in [-0.1, -0.05) is 13.8 Å². The van der Waals surface area contributed by atoms with Crippen molar-refractivity contribution in [2.75, 3.05) is 37.6 Å². The molecule has 3 heterocycles. The van der Waals surface area contributed by atoms with Crippen molar-refractivity contribution in [2.45, 2.75) is 26.8 Å². The van der Waals surface area contributed by atoms with E-state index in [9.17, 15) is 4.79 Å². The minimum atomic E-state index is 0.198. The van der Waals surface area contributed by atoms with Gasteiger partial charge in [-0.2, -0.15) is 0 Å². The van der Waals surface area contributed by atoms with Crippen molar-refractivity contribution in [3.8, 4) is 0 Å². The van der Waals surface area contributed by atoms with Crippen LogP contribution in [0.3, 0.4) is 0 Å². The van der Waals surface area contributed by atoms with E-state index >= 15 is 0 Å². The minimum absolute atomic E-state index is 0.198. The van der Waals surface area contributed by atoms with Gasteiger partial charge < -0.3 is 14.7 Å². The van der Waals surface area contributed by atoms with E-state index in [0.717, 1.165) is 44.2 Å². The fourth-order valence-corrected chi connectivity index (χ4v) is 3.27. The monoisotopic (exact) mass is 289 g/mol. The summed E-state index contributed by atoms with van der Waals surface area (Å²) >= 11 is 0. The summed E-state index contributed by atoms with van der Waals surface area (Å²) in [5.41, 5.74) is 0.953. The van der Waals surface area contributed by atoms with Gasteiger partial charge in [-0.3, -0.25) is 4.98 Å². The summed E-state index contributed by atoms with van der Waals surface area (Å²) in [7, 11) is 0. The molecule has 2 aliphatic rings. The Morgan fingerprint density at radius 3 is 2.71 bits per heavy atom. The first-order valence-electron chi connectivity index (χ1n) is 7.64.